The number of para-hydroxylation sites is 2. The van der Waals surface area contributed by atoms with Crippen molar-refractivity contribution >= 4 is 34.0 Å². The van der Waals surface area contributed by atoms with E-state index in [0.717, 1.165) is 38.6 Å². The van der Waals surface area contributed by atoms with Crippen LogP contribution in [0.2, 0.25) is 0 Å². The van der Waals surface area contributed by atoms with Crippen molar-refractivity contribution in [3.05, 3.63) is 90.1 Å². The summed E-state index contributed by atoms with van der Waals surface area (Å²) in [5.41, 5.74) is 9.12. The number of rotatable bonds is 4. The molecular weight excluding hydrogens is 358 g/mol. The van der Waals surface area contributed by atoms with Crippen molar-refractivity contribution in [3.63, 3.8) is 0 Å². The molecule has 0 saturated carbocycles. The summed E-state index contributed by atoms with van der Waals surface area (Å²) in [6, 6.07) is 24.5. The summed E-state index contributed by atoms with van der Waals surface area (Å²) >= 11 is 0. The number of hydrogen-bond acceptors (Lipinski definition) is 4. The first-order chi connectivity index (χ1) is 14.3. The van der Waals surface area contributed by atoms with E-state index in [2.05, 4.69) is 57.8 Å². The molecule has 2 heterocycles. The molecule has 5 heteroatoms. The molecule has 0 saturated heterocycles. The lowest BCUT2D eigenvalue weighted by Crippen LogP contribution is -1.99. The molecule has 140 valence electrons. The number of anilines is 1. The molecule has 0 atom stereocenters. The molecule has 3 aromatic carbocycles. The predicted octanol–water partition coefficient (Wildman–Crippen LogP) is 5.53. The topological polar surface area (TPSA) is 66.0 Å². The third kappa shape index (κ3) is 3.34. The summed E-state index contributed by atoms with van der Waals surface area (Å²) in [6.07, 6.45) is 3.72. The Morgan fingerprint density at radius 1 is 0.862 bits per heavy atom. The molecule has 0 amide bonds. The molecule has 2 N–H and O–H groups in total. The van der Waals surface area contributed by atoms with Gasteiger partial charge < -0.3 is 4.98 Å². The van der Waals surface area contributed by atoms with E-state index < -0.39 is 0 Å². The van der Waals surface area contributed by atoms with Crippen LogP contribution >= 0.6 is 0 Å². The SMILES string of the molecule is Cc1ccc(-c2nc(NN=Cc3c[nH]c4ccccc34)nc3ccccc23)cc1. The Morgan fingerprint density at radius 3 is 2.48 bits per heavy atom. The first-order valence-electron chi connectivity index (χ1n) is 9.47. The Labute approximate surface area is 168 Å². The van der Waals surface area contributed by atoms with Crippen molar-refractivity contribution in [1.82, 2.24) is 15.0 Å². The molecule has 5 aromatic rings. The summed E-state index contributed by atoms with van der Waals surface area (Å²) in [7, 11) is 0. The molecule has 29 heavy (non-hydrogen) atoms. The fourth-order valence-electron chi connectivity index (χ4n) is 3.42. The predicted molar refractivity (Wildman–Crippen MR) is 119 cm³/mol. The zero-order valence-corrected chi connectivity index (χ0v) is 15.9. The minimum atomic E-state index is 0.468. The number of nitrogens with zero attached hydrogens (tertiary/aromatic N) is 3. The van der Waals surface area contributed by atoms with E-state index in [0.29, 0.717) is 5.95 Å². The van der Waals surface area contributed by atoms with Gasteiger partial charge in [0.2, 0.25) is 5.95 Å². The van der Waals surface area contributed by atoms with Gasteiger partial charge in [0.25, 0.3) is 0 Å². The Bertz CT molecular complexity index is 1330. The second kappa shape index (κ2) is 7.20. The van der Waals surface area contributed by atoms with Crippen LogP contribution in [0.4, 0.5) is 5.95 Å². The maximum atomic E-state index is 4.74. The highest BCUT2D eigenvalue weighted by Gasteiger charge is 2.09. The molecule has 0 aliphatic rings. The number of benzene rings is 3. The van der Waals surface area contributed by atoms with E-state index >= 15 is 0 Å². The van der Waals surface area contributed by atoms with Gasteiger partial charge in [-0.05, 0) is 19.1 Å². The van der Waals surface area contributed by atoms with E-state index in [1.807, 2.05) is 48.7 Å². The van der Waals surface area contributed by atoms with Gasteiger partial charge in [-0.2, -0.15) is 5.10 Å². The molecule has 0 unspecified atom stereocenters. The fraction of sp³-hybridized carbons (Fsp3) is 0.0417. The summed E-state index contributed by atoms with van der Waals surface area (Å²) in [4.78, 5) is 12.6. The number of aromatic amines is 1. The van der Waals surface area contributed by atoms with Crippen LogP contribution in [0.1, 0.15) is 11.1 Å². The van der Waals surface area contributed by atoms with Gasteiger partial charge in [-0.25, -0.2) is 15.4 Å². The van der Waals surface area contributed by atoms with Gasteiger partial charge in [0.15, 0.2) is 0 Å². The van der Waals surface area contributed by atoms with E-state index in [1.54, 1.807) is 6.21 Å². The van der Waals surface area contributed by atoms with Gasteiger partial charge in [0, 0.05) is 33.6 Å². The van der Waals surface area contributed by atoms with Crippen LogP contribution < -0.4 is 5.43 Å². The lowest BCUT2D eigenvalue weighted by atomic mass is 10.1. The fourth-order valence-corrected chi connectivity index (χ4v) is 3.42. The van der Waals surface area contributed by atoms with Crippen LogP contribution in [0, 0.1) is 6.92 Å². The van der Waals surface area contributed by atoms with Gasteiger partial charge in [0.05, 0.1) is 17.4 Å². The van der Waals surface area contributed by atoms with Crippen LogP contribution in [-0.4, -0.2) is 21.2 Å². The standard InChI is InChI=1S/C24H19N5/c1-16-10-12-17(13-11-16)23-20-7-3-5-9-22(20)27-24(28-23)29-26-15-18-14-25-21-8-4-2-6-19(18)21/h2-15,25H,1H3,(H,27,28,29). The number of nitrogens with one attached hydrogen (secondary N) is 2. The second-order valence-corrected chi connectivity index (χ2v) is 6.94. The molecule has 0 fully saturated rings. The van der Waals surface area contributed by atoms with E-state index in [1.165, 1.54) is 5.56 Å². The van der Waals surface area contributed by atoms with Crippen LogP contribution in [-0.2, 0) is 0 Å². The average Bonchev–Trinajstić information content (AvgIpc) is 3.17. The monoisotopic (exact) mass is 377 g/mol. The van der Waals surface area contributed by atoms with Crippen LogP contribution in [0.25, 0.3) is 33.1 Å². The van der Waals surface area contributed by atoms with Crippen LogP contribution in [0.5, 0.6) is 0 Å². The lowest BCUT2D eigenvalue weighted by molar-refractivity contribution is 1.16. The molecule has 0 radical (unpaired) electrons. The third-order valence-corrected chi connectivity index (χ3v) is 4.92. The smallest absolute Gasteiger partial charge is 0.244 e. The van der Waals surface area contributed by atoms with Crippen molar-refractivity contribution < 1.29 is 0 Å². The largest absolute Gasteiger partial charge is 0.361 e. The molecule has 0 aliphatic heterocycles. The van der Waals surface area contributed by atoms with Gasteiger partial charge in [0.1, 0.15) is 0 Å². The van der Waals surface area contributed by atoms with Gasteiger partial charge in [-0.1, -0.05) is 66.2 Å². The Hall–Kier alpha value is -3.99. The summed E-state index contributed by atoms with van der Waals surface area (Å²) in [6.45, 7) is 2.08. The van der Waals surface area contributed by atoms with Crippen molar-refractivity contribution in [2.75, 3.05) is 5.43 Å². The first-order valence-corrected chi connectivity index (χ1v) is 9.47. The Morgan fingerprint density at radius 2 is 1.62 bits per heavy atom. The quantitative estimate of drug-likeness (QED) is 0.319. The van der Waals surface area contributed by atoms with Gasteiger partial charge >= 0.3 is 0 Å². The number of fused-ring (bicyclic) bond motifs is 2. The first kappa shape index (κ1) is 17.1. The zero-order chi connectivity index (χ0) is 19.6. The minimum Gasteiger partial charge on any atom is -0.361 e. The zero-order valence-electron chi connectivity index (χ0n) is 15.9. The van der Waals surface area contributed by atoms with Crippen molar-refractivity contribution in [2.45, 2.75) is 6.92 Å². The summed E-state index contributed by atoms with van der Waals surface area (Å²) in [5, 5.41) is 6.51. The maximum absolute atomic E-state index is 4.74. The highest BCUT2D eigenvalue weighted by atomic mass is 15.3. The molecular formula is C24H19N5. The summed E-state index contributed by atoms with van der Waals surface area (Å²) in [5.74, 6) is 0.468. The van der Waals surface area contributed by atoms with E-state index in [-0.39, 0.29) is 0 Å². The Kier molecular flexibility index (Phi) is 4.26. The van der Waals surface area contributed by atoms with Crippen molar-refractivity contribution in [3.8, 4) is 11.3 Å². The highest BCUT2D eigenvalue weighted by molar-refractivity contribution is 5.99. The van der Waals surface area contributed by atoms with Crippen molar-refractivity contribution in [1.29, 1.82) is 0 Å². The van der Waals surface area contributed by atoms with Crippen LogP contribution in [0.3, 0.4) is 0 Å². The molecule has 0 spiro atoms. The molecule has 5 nitrogen and oxygen atoms in total. The van der Waals surface area contributed by atoms with Crippen molar-refractivity contribution in [2.24, 2.45) is 5.10 Å². The number of hydrazone groups is 1. The van der Waals surface area contributed by atoms with Gasteiger partial charge in [-0.15, -0.1) is 0 Å². The molecule has 2 aromatic heterocycles. The molecule has 5 rings (SSSR count). The number of aryl methyl sites for hydroxylation is 1. The minimum absolute atomic E-state index is 0.468. The third-order valence-electron chi connectivity index (χ3n) is 4.92. The van der Waals surface area contributed by atoms with Gasteiger partial charge in [-0.3, -0.25) is 0 Å². The lowest BCUT2D eigenvalue weighted by Gasteiger charge is -2.08. The molecule has 0 aliphatic carbocycles. The number of aromatic nitrogens is 3. The number of hydrogen-bond donors (Lipinski definition) is 2. The van der Waals surface area contributed by atoms with E-state index in [4.69, 9.17) is 4.98 Å². The summed E-state index contributed by atoms with van der Waals surface area (Å²) < 4.78 is 0. The molecule has 0 bridgehead atoms. The normalized spacial score (nSPS) is 11.5. The highest BCUT2D eigenvalue weighted by Crippen LogP contribution is 2.27. The Balaban J connectivity index is 1.51. The maximum Gasteiger partial charge on any atom is 0.244 e. The average molecular weight is 377 g/mol. The second-order valence-electron chi connectivity index (χ2n) is 6.94. The van der Waals surface area contributed by atoms with E-state index in [9.17, 15) is 0 Å². The van der Waals surface area contributed by atoms with Crippen LogP contribution in [0.15, 0.2) is 84.1 Å². The number of H-pyrrole nitrogens is 1.